The average molecular weight is 311 g/mol. The Morgan fingerprint density at radius 1 is 1.29 bits per heavy atom. The molecule has 0 saturated carbocycles. The molecule has 118 valence electrons. The molecule has 0 radical (unpaired) electrons. The van der Waals surface area contributed by atoms with Gasteiger partial charge >= 0.3 is 0 Å². The number of piperidine rings is 1. The number of hydrogen-bond donors (Lipinski definition) is 1. The van der Waals surface area contributed by atoms with Gasteiger partial charge in [0.25, 0.3) is 0 Å². The van der Waals surface area contributed by atoms with E-state index in [1.807, 2.05) is 44.2 Å². The summed E-state index contributed by atoms with van der Waals surface area (Å²) in [6, 6.07) is 9.77. The average Bonchev–Trinajstić information content (AvgIpc) is 2.48. The summed E-state index contributed by atoms with van der Waals surface area (Å²) in [6.07, 6.45) is 1.72. The van der Waals surface area contributed by atoms with Gasteiger partial charge in [-0.15, -0.1) is 0 Å². The number of nitrogens with zero attached hydrogens (tertiary/aromatic N) is 1. The van der Waals surface area contributed by atoms with Gasteiger partial charge < -0.3 is 5.11 Å². The fraction of sp³-hybridized carbons (Fsp3) is 0.625. The minimum atomic E-state index is -3.30. The number of aliphatic hydroxyl groups excluding tert-OH is 1. The molecule has 1 saturated heterocycles. The highest BCUT2D eigenvalue weighted by atomic mass is 32.2. The van der Waals surface area contributed by atoms with E-state index in [9.17, 15) is 13.5 Å². The zero-order valence-corrected chi connectivity index (χ0v) is 13.6. The quantitative estimate of drug-likeness (QED) is 0.907. The molecule has 3 atom stereocenters. The van der Waals surface area contributed by atoms with Crippen LogP contribution in [0.25, 0.3) is 0 Å². The third-order valence-corrected chi connectivity index (χ3v) is 6.51. The number of hydrogen-bond acceptors (Lipinski definition) is 3. The maximum atomic E-state index is 12.7. The second-order valence-electron chi connectivity index (χ2n) is 6.13. The third kappa shape index (κ3) is 4.05. The maximum Gasteiger partial charge on any atom is 0.214 e. The predicted molar refractivity (Wildman–Crippen MR) is 84.6 cm³/mol. The Balaban J connectivity index is 2.10. The van der Waals surface area contributed by atoms with Crippen LogP contribution in [0.1, 0.15) is 38.2 Å². The lowest BCUT2D eigenvalue weighted by atomic mass is 9.96. The van der Waals surface area contributed by atoms with Crippen LogP contribution in [0.4, 0.5) is 0 Å². The van der Waals surface area contributed by atoms with E-state index in [1.165, 1.54) is 0 Å². The van der Waals surface area contributed by atoms with Gasteiger partial charge in [0.15, 0.2) is 0 Å². The van der Waals surface area contributed by atoms with Gasteiger partial charge in [0.1, 0.15) is 0 Å². The molecule has 0 amide bonds. The van der Waals surface area contributed by atoms with E-state index in [0.29, 0.717) is 6.54 Å². The summed E-state index contributed by atoms with van der Waals surface area (Å²) < 4.78 is 27.0. The van der Waals surface area contributed by atoms with E-state index in [1.54, 1.807) is 4.31 Å². The molecule has 0 aliphatic carbocycles. The molecule has 0 spiro atoms. The largest absolute Gasteiger partial charge is 0.396 e. The van der Waals surface area contributed by atoms with Crippen LogP contribution in [0.2, 0.25) is 0 Å². The number of benzene rings is 1. The zero-order valence-electron chi connectivity index (χ0n) is 12.8. The van der Waals surface area contributed by atoms with Crippen LogP contribution in [0.3, 0.4) is 0 Å². The third-order valence-electron chi connectivity index (χ3n) is 4.37. The van der Waals surface area contributed by atoms with Crippen molar-refractivity contribution in [2.45, 2.75) is 38.6 Å². The van der Waals surface area contributed by atoms with Crippen molar-refractivity contribution in [3.05, 3.63) is 35.9 Å². The first-order chi connectivity index (χ1) is 9.94. The van der Waals surface area contributed by atoms with Gasteiger partial charge in [-0.2, -0.15) is 4.31 Å². The molecule has 0 bridgehead atoms. The van der Waals surface area contributed by atoms with Crippen LogP contribution in [-0.2, 0) is 10.0 Å². The number of aliphatic hydroxyl groups is 1. The first-order valence-electron chi connectivity index (χ1n) is 7.59. The van der Waals surface area contributed by atoms with Crippen molar-refractivity contribution in [1.82, 2.24) is 4.31 Å². The Hall–Kier alpha value is -0.910. The van der Waals surface area contributed by atoms with Crippen LogP contribution in [0.5, 0.6) is 0 Å². The first kappa shape index (κ1) is 16.5. The van der Waals surface area contributed by atoms with Gasteiger partial charge in [0.2, 0.25) is 10.0 Å². The molecule has 3 unspecified atom stereocenters. The summed E-state index contributed by atoms with van der Waals surface area (Å²) in [6.45, 7) is 4.41. The molecule has 1 N–H and O–H groups in total. The Morgan fingerprint density at radius 2 is 1.95 bits per heavy atom. The van der Waals surface area contributed by atoms with Gasteiger partial charge in [0.05, 0.1) is 5.75 Å². The van der Waals surface area contributed by atoms with Crippen LogP contribution in [0, 0.1) is 5.92 Å². The van der Waals surface area contributed by atoms with E-state index in [2.05, 4.69) is 0 Å². The van der Waals surface area contributed by atoms with Gasteiger partial charge in [-0.25, -0.2) is 8.42 Å². The van der Waals surface area contributed by atoms with E-state index in [0.717, 1.165) is 18.4 Å². The molecule has 1 heterocycles. The molecule has 1 aromatic rings. The van der Waals surface area contributed by atoms with Gasteiger partial charge in [0, 0.05) is 19.2 Å². The second-order valence-corrected chi connectivity index (χ2v) is 8.10. The van der Waals surface area contributed by atoms with Crippen molar-refractivity contribution in [3.8, 4) is 0 Å². The highest BCUT2D eigenvalue weighted by molar-refractivity contribution is 7.89. The first-order valence-corrected chi connectivity index (χ1v) is 9.20. The molecule has 1 aliphatic heterocycles. The zero-order chi connectivity index (χ0) is 15.5. The monoisotopic (exact) mass is 311 g/mol. The Labute approximate surface area is 127 Å². The normalized spacial score (nSPS) is 25.7. The van der Waals surface area contributed by atoms with E-state index >= 15 is 0 Å². The van der Waals surface area contributed by atoms with Gasteiger partial charge in [-0.05, 0) is 37.2 Å². The summed E-state index contributed by atoms with van der Waals surface area (Å²) in [5, 5.41) is 9.30. The standard InChI is InChI=1S/C16H25NO3S/c1-13(16-6-4-3-5-7-16)12-21(19,20)17-10-15(11-18)9-8-14(17)2/h3-7,13-15,18H,8-12H2,1-2H3. The summed E-state index contributed by atoms with van der Waals surface area (Å²) in [5.74, 6) is 0.167. The van der Waals surface area contributed by atoms with E-state index < -0.39 is 10.0 Å². The Bertz CT molecular complexity index is 544. The van der Waals surface area contributed by atoms with E-state index in [-0.39, 0.29) is 30.2 Å². The summed E-state index contributed by atoms with van der Waals surface area (Å²) in [5.41, 5.74) is 1.05. The molecule has 0 aromatic heterocycles. The molecular weight excluding hydrogens is 286 g/mol. The minimum absolute atomic E-state index is 0.0285. The predicted octanol–water partition coefficient (Wildman–Crippen LogP) is 2.21. The summed E-state index contributed by atoms with van der Waals surface area (Å²) in [4.78, 5) is 0. The molecule has 5 heteroatoms. The Morgan fingerprint density at radius 3 is 2.57 bits per heavy atom. The number of sulfonamides is 1. The van der Waals surface area contributed by atoms with Crippen molar-refractivity contribution < 1.29 is 13.5 Å². The number of rotatable bonds is 5. The van der Waals surface area contributed by atoms with Crippen molar-refractivity contribution in [2.75, 3.05) is 18.9 Å². The minimum Gasteiger partial charge on any atom is -0.396 e. The van der Waals surface area contributed by atoms with Crippen molar-refractivity contribution in [3.63, 3.8) is 0 Å². The van der Waals surface area contributed by atoms with E-state index in [4.69, 9.17) is 0 Å². The van der Waals surface area contributed by atoms with Crippen molar-refractivity contribution >= 4 is 10.0 Å². The molecular formula is C16H25NO3S. The molecule has 2 rings (SSSR count). The van der Waals surface area contributed by atoms with Crippen LogP contribution < -0.4 is 0 Å². The second kappa shape index (κ2) is 6.90. The highest BCUT2D eigenvalue weighted by Crippen LogP contribution is 2.27. The molecule has 21 heavy (non-hydrogen) atoms. The maximum absolute atomic E-state index is 12.7. The summed E-state index contributed by atoms with van der Waals surface area (Å²) >= 11 is 0. The Kier molecular flexibility index (Phi) is 5.41. The van der Waals surface area contributed by atoms with Gasteiger partial charge in [-0.3, -0.25) is 0 Å². The highest BCUT2D eigenvalue weighted by Gasteiger charge is 2.34. The fourth-order valence-electron chi connectivity index (χ4n) is 2.97. The van der Waals surface area contributed by atoms with Crippen molar-refractivity contribution in [1.29, 1.82) is 0 Å². The van der Waals surface area contributed by atoms with Crippen molar-refractivity contribution in [2.24, 2.45) is 5.92 Å². The van der Waals surface area contributed by atoms with Crippen LogP contribution in [-0.4, -0.2) is 42.8 Å². The molecule has 1 aliphatic rings. The summed E-state index contributed by atoms with van der Waals surface area (Å²) in [7, 11) is -3.30. The smallest absolute Gasteiger partial charge is 0.214 e. The molecule has 4 nitrogen and oxygen atoms in total. The fourth-order valence-corrected chi connectivity index (χ4v) is 5.08. The molecule has 1 aromatic carbocycles. The molecule has 1 fully saturated rings. The van der Waals surface area contributed by atoms with Crippen LogP contribution >= 0.6 is 0 Å². The SMILES string of the molecule is CC(CS(=O)(=O)N1CC(CO)CCC1C)c1ccccc1. The lowest BCUT2D eigenvalue weighted by Gasteiger charge is -2.36. The topological polar surface area (TPSA) is 57.6 Å². The lowest BCUT2D eigenvalue weighted by molar-refractivity contribution is 0.139. The van der Waals surface area contributed by atoms with Gasteiger partial charge in [-0.1, -0.05) is 37.3 Å². The lowest BCUT2D eigenvalue weighted by Crippen LogP contribution is -2.47. The van der Waals surface area contributed by atoms with Crippen LogP contribution in [0.15, 0.2) is 30.3 Å².